The summed E-state index contributed by atoms with van der Waals surface area (Å²) in [6, 6.07) is 0.239. The first-order chi connectivity index (χ1) is 9.13. The largest absolute Gasteiger partial charge is 0.352 e. The Morgan fingerprint density at radius 3 is 2.74 bits per heavy atom. The van der Waals surface area contributed by atoms with Gasteiger partial charge in [-0.1, -0.05) is 6.92 Å². The number of rotatable bonds is 4. The Morgan fingerprint density at radius 1 is 1.47 bits per heavy atom. The van der Waals surface area contributed by atoms with Crippen molar-refractivity contribution in [3.8, 4) is 0 Å². The third-order valence-corrected chi connectivity index (χ3v) is 3.94. The zero-order valence-corrected chi connectivity index (χ0v) is 11.9. The van der Waals surface area contributed by atoms with Crippen LogP contribution in [0.2, 0.25) is 0 Å². The average molecular weight is 264 g/mol. The van der Waals surface area contributed by atoms with E-state index in [4.69, 9.17) is 5.73 Å². The van der Waals surface area contributed by atoms with Gasteiger partial charge in [-0.15, -0.1) is 0 Å². The van der Waals surface area contributed by atoms with Gasteiger partial charge in [0.15, 0.2) is 5.82 Å². The molecule has 1 aliphatic heterocycles. The molecule has 1 saturated heterocycles. The lowest BCUT2D eigenvalue weighted by molar-refractivity contribution is 0.353. The maximum absolute atomic E-state index is 12.3. The van der Waals surface area contributed by atoms with E-state index in [1.807, 2.05) is 0 Å². The number of hydrogen-bond donors (Lipinski definition) is 1. The minimum Gasteiger partial charge on any atom is -0.352 e. The Labute approximate surface area is 114 Å². The fourth-order valence-corrected chi connectivity index (χ4v) is 2.71. The zero-order chi connectivity index (χ0) is 13.8. The van der Waals surface area contributed by atoms with Crippen molar-refractivity contribution in [1.29, 1.82) is 0 Å². The van der Waals surface area contributed by atoms with Gasteiger partial charge >= 0.3 is 0 Å². The highest BCUT2D eigenvalue weighted by Gasteiger charge is 2.24. The van der Waals surface area contributed by atoms with Crippen molar-refractivity contribution in [1.82, 2.24) is 9.55 Å². The molecular weight excluding hydrogens is 240 g/mol. The molecule has 1 aromatic rings. The van der Waals surface area contributed by atoms with Crippen LogP contribution < -0.4 is 16.2 Å². The van der Waals surface area contributed by atoms with E-state index in [0.29, 0.717) is 11.7 Å². The zero-order valence-electron chi connectivity index (χ0n) is 11.9. The molecule has 0 bridgehead atoms. The molecule has 2 N–H and O–H groups in total. The highest BCUT2D eigenvalue weighted by Crippen LogP contribution is 2.21. The van der Waals surface area contributed by atoms with Gasteiger partial charge in [0.2, 0.25) is 0 Å². The Kier molecular flexibility index (Phi) is 4.58. The summed E-state index contributed by atoms with van der Waals surface area (Å²) in [5, 5.41) is 0. The van der Waals surface area contributed by atoms with Gasteiger partial charge in [0.05, 0.1) is 0 Å². The van der Waals surface area contributed by atoms with Gasteiger partial charge in [-0.3, -0.25) is 4.79 Å². The van der Waals surface area contributed by atoms with Gasteiger partial charge in [0.1, 0.15) is 0 Å². The van der Waals surface area contributed by atoms with E-state index in [2.05, 4.69) is 23.7 Å². The molecule has 0 radical (unpaired) electrons. The van der Waals surface area contributed by atoms with Crippen molar-refractivity contribution in [2.24, 2.45) is 11.7 Å². The number of anilines is 1. The first-order valence-electron chi connectivity index (χ1n) is 7.19. The summed E-state index contributed by atoms with van der Waals surface area (Å²) in [6.07, 6.45) is 6.53. The van der Waals surface area contributed by atoms with Crippen molar-refractivity contribution in [2.75, 3.05) is 18.0 Å². The van der Waals surface area contributed by atoms with Crippen LogP contribution in [0.15, 0.2) is 17.2 Å². The monoisotopic (exact) mass is 264 g/mol. The van der Waals surface area contributed by atoms with E-state index < -0.39 is 0 Å². The molecule has 0 aliphatic carbocycles. The van der Waals surface area contributed by atoms with Gasteiger partial charge in [-0.05, 0) is 32.1 Å². The molecule has 5 nitrogen and oxygen atoms in total. The summed E-state index contributed by atoms with van der Waals surface area (Å²) in [6.45, 7) is 6.65. The highest BCUT2D eigenvalue weighted by molar-refractivity contribution is 5.36. The van der Waals surface area contributed by atoms with Crippen molar-refractivity contribution < 1.29 is 0 Å². The second-order valence-electron chi connectivity index (χ2n) is 5.43. The number of aromatic nitrogens is 2. The van der Waals surface area contributed by atoms with Gasteiger partial charge in [-0.25, -0.2) is 4.98 Å². The number of piperidine rings is 1. The first kappa shape index (κ1) is 14.1. The molecule has 1 aromatic heterocycles. The van der Waals surface area contributed by atoms with Crippen LogP contribution in [0.1, 0.15) is 33.1 Å². The molecule has 0 spiro atoms. The molecule has 0 amide bonds. The van der Waals surface area contributed by atoms with Crippen LogP contribution in [0.4, 0.5) is 5.82 Å². The molecule has 1 aliphatic rings. The van der Waals surface area contributed by atoms with E-state index in [0.717, 1.165) is 38.9 Å². The lowest BCUT2D eigenvalue weighted by atomic mass is 9.91. The Morgan fingerprint density at radius 2 is 2.16 bits per heavy atom. The maximum Gasteiger partial charge on any atom is 0.293 e. The SMILES string of the molecule is CCCn1ccnc(N2CCC(C(C)N)CC2)c1=O. The molecule has 0 aromatic carbocycles. The number of nitrogens with zero attached hydrogens (tertiary/aromatic N) is 3. The molecule has 0 saturated carbocycles. The van der Waals surface area contributed by atoms with Crippen molar-refractivity contribution in [3.63, 3.8) is 0 Å². The summed E-state index contributed by atoms with van der Waals surface area (Å²) in [4.78, 5) is 18.7. The Bertz CT molecular complexity index is 461. The van der Waals surface area contributed by atoms with E-state index in [1.54, 1.807) is 17.0 Å². The second kappa shape index (κ2) is 6.19. The highest BCUT2D eigenvalue weighted by atomic mass is 16.1. The predicted octanol–water partition coefficient (Wildman–Crippen LogP) is 1.22. The van der Waals surface area contributed by atoms with Crippen LogP contribution in [0.5, 0.6) is 0 Å². The van der Waals surface area contributed by atoms with E-state index in [-0.39, 0.29) is 11.6 Å². The molecule has 19 heavy (non-hydrogen) atoms. The molecule has 1 atom stereocenters. The van der Waals surface area contributed by atoms with E-state index >= 15 is 0 Å². The maximum atomic E-state index is 12.3. The molecular formula is C14H24N4O. The average Bonchev–Trinajstić information content (AvgIpc) is 2.41. The number of aryl methyl sites for hydroxylation is 1. The van der Waals surface area contributed by atoms with E-state index in [9.17, 15) is 4.79 Å². The van der Waals surface area contributed by atoms with Crippen molar-refractivity contribution in [3.05, 3.63) is 22.7 Å². The predicted molar refractivity (Wildman–Crippen MR) is 77.4 cm³/mol. The minimum atomic E-state index is 0.0311. The van der Waals surface area contributed by atoms with Gasteiger partial charge in [0, 0.05) is 38.1 Å². The summed E-state index contributed by atoms with van der Waals surface area (Å²) in [5.41, 5.74) is 5.98. The summed E-state index contributed by atoms with van der Waals surface area (Å²) < 4.78 is 1.75. The minimum absolute atomic E-state index is 0.0311. The molecule has 1 fully saturated rings. The van der Waals surface area contributed by atoms with Gasteiger partial charge < -0.3 is 15.2 Å². The number of hydrogen-bond acceptors (Lipinski definition) is 4. The topological polar surface area (TPSA) is 64.2 Å². The third-order valence-electron chi connectivity index (χ3n) is 3.94. The van der Waals surface area contributed by atoms with Crippen molar-refractivity contribution in [2.45, 2.75) is 45.7 Å². The van der Waals surface area contributed by atoms with E-state index in [1.165, 1.54) is 0 Å². The normalized spacial score (nSPS) is 18.6. The van der Waals surface area contributed by atoms with Crippen LogP contribution in [-0.2, 0) is 6.54 Å². The van der Waals surface area contributed by atoms with Crippen LogP contribution in [0.25, 0.3) is 0 Å². The lowest BCUT2D eigenvalue weighted by Gasteiger charge is -2.34. The second-order valence-corrected chi connectivity index (χ2v) is 5.43. The fourth-order valence-electron chi connectivity index (χ4n) is 2.71. The standard InChI is InChI=1S/C14H24N4O/c1-3-7-18-10-6-16-13(14(18)19)17-8-4-12(5-9-17)11(2)15/h6,10-12H,3-5,7-9,15H2,1-2H3. The van der Waals surface area contributed by atoms with Crippen LogP contribution in [0.3, 0.4) is 0 Å². The van der Waals surface area contributed by atoms with Gasteiger partial charge in [0.25, 0.3) is 5.56 Å². The molecule has 106 valence electrons. The van der Waals surface area contributed by atoms with Crippen LogP contribution in [0, 0.1) is 5.92 Å². The van der Waals surface area contributed by atoms with Crippen molar-refractivity contribution >= 4 is 5.82 Å². The molecule has 2 rings (SSSR count). The quantitative estimate of drug-likeness (QED) is 0.888. The Hall–Kier alpha value is -1.36. The van der Waals surface area contributed by atoms with Crippen LogP contribution in [-0.4, -0.2) is 28.7 Å². The first-order valence-corrected chi connectivity index (χ1v) is 7.19. The molecule has 5 heteroatoms. The Balaban J connectivity index is 2.11. The summed E-state index contributed by atoms with van der Waals surface area (Å²) >= 11 is 0. The van der Waals surface area contributed by atoms with Crippen LogP contribution >= 0.6 is 0 Å². The molecule has 2 heterocycles. The lowest BCUT2D eigenvalue weighted by Crippen LogP contribution is -2.42. The summed E-state index contributed by atoms with van der Waals surface area (Å²) in [7, 11) is 0. The third kappa shape index (κ3) is 3.15. The number of nitrogens with two attached hydrogens (primary N) is 1. The fraction of sp³-hybridized carbons (Fsp3) is 0.714. The summed E-state index contributed by atoms with van der Waals surface area (Å²) in [5.74, 6) is 1.16. The smallest absolute Gasteiger partial charge is 0.293 e. The molecule has 1 unspecified atom stereocenters. The van der Waals surface area contributed by atoms with Gasteiger partial charge in [-0.2, -0.15) is 0 Å².